The van der Waals surface area contributed by atoms with Crippen LogP contribution in [0.3, 0.4) is 0 Å². The van der Waals surface area contributed by atoms with Gasteiger partial charge in [-0.3, -0.25) is 0 Å². The molecule has 0 aliphatic carbocycles. The Morgan fingerprint density at radius 3 is 1.39 bits per heavy atom. The molecule has 0 saturated heterocycles. The van der Waals surface area contributed by atoms with Crippen LogP contribution in [0.4, 0.5) is 0 Å². The fourth-order valence-electron chi connectivity index (χ4n) is 1.99. The minimum Gasteiger partial charge on any atom is -0.225 e. The van der Waals surface area contributed by atoms with E-state index in [9.17, 15) is 16.8 Å². The van der Waals surface area contributed by atoms with E-state index in [1.54, 1.807) is 12.1 Å². The lowest BCUT2D eigenvalue weighted by atomic mass is 10.1. The van der Waals surface area contributed by atoms with Crippen LogP contribution in [0.2, 0.25) is 10.0 Å². The molecule has 4 N–H and O–H groups in total. The Morgan fingerprint density at radius 2 is 1.09 bits per heavy atom. The highest BCUT2D eigenvalue weighted by molar-refractivity contribution is 7.89. The number of sulfonamides is 2. The van der Waals surface area contributed by atoms with Crippen LogP contribution < -0.4 is 10.3 Å². The summed E-state index contributed by atoms with van der Waals surface area (Å²) in [6, 6.07) is 8.72. The molecule has 0 aliphatic rings. The third-order valence-electron chi connectivity index (χ3n) is 3.01. The number of rotatable bonds is 4. The Hall–Kier alpha value is -1.16. The monoisotopic (exact) mass is 394 g/mol. The van der Waals surface area contributed by atoms with Gasteiger partial charge >= 0.3 is 0 Å². The number of hydrogen-bond acceptors (Lipinski definition) is 4. The summed E-state index contributed by atoms with van der Waals surface area (Å²) in [6.07, 6.45) is 0.249. The molecule has 2 aromatic rings. The van der Waals surface area contributed by atoms with Gasteiger partial charge in [0.05, 0.1) is 10.0 Å². The van der Waals surface area contributed by atoms with Crippen molar-refractivity contribution in [2.45, 2.75) is 16.2 Å². The molecule has 124 valence electrons. The van der Waals surface area contributed by atoms with E-state index < -0.39 is 20.0 Å². The van der Waals surface area contributed by atoms with E-state index in [0.717, 1.165) is 0 Å². The highest BCUT2D eigenvalue weighted by Gasteiger charge is 2.16. The van der Waals surface area contributed by atoms with Gasteiger partial charge in [-0.2, -0.15) is 0 Å². The number of hydrogen-bond donors (Lipinski definition) is 2. The molecule has 0 saturated carbocycles. The second kappa shape index (κ2) is 6.39. The second-order valence-electron chi connectivity index (χ2n) is 4.80. The van der Waals surface area contributed by atoms with Crippen LogP contribution in [0.5, 0.6) is 0 Å². The van der Waals surface area contributed by atoms with Gasteiger partial charge in [0.25, 0.3) is 0 Å². The number of nitrogens with two attached hydrogens (primary N) is 2. The lowest BCUT2D eigenvalue weighted by Crippen LogP contribution is -2.13. The Labute approximate surface area is 144 Å². The molecule has 0 radical (unpaired) electrons. The van der Waals surface area contributed by atoms with E-state index in [1.807, 2.05) is 0 Å². The zero-order valence-corrected chi connectivity index (χ0v) is 14.7. The van der Waals surface area contributed by atoms with Gasteiger partial charge in [-0.05, 0) is 41.8 Å². The van der Waals surface area contributed by atoms with Crippen molar-refractivity contribution in [1.29, 1.82) is 0 Å². The van der Waals surface area contributed by atoms with Crippen LogP contribution in [-0.4, -0.2) is 16.8 Å². The fourth-order valence-corrected chi connectivity index (χ4v) is 4.18. The van der Waals surface area contributed by atoms with E-state index >= 15 is 0 Å². The lowest BCUT2D eigenvalue weighted by molar-refractivity contribution is 0.596. The molecule has 0 bridgehead atoms. The molecule has 0 aliphatic heterocycles. The molecule has 0 amide bonds. The maximum atomic E-state index is 11.5. The lowest BCUT2D eigenvalue weighted by Gasteiger charge is -2.08. The van der Waals surface area contributed by atoms with Gasteiger partial charge in [-0.15, -0.1) is 0 Å². The number of halogens is 2. The number of benzene rings is 2. The van der Waals surface area contributed by atoms with Crippen molar-refractivity contribution in [2.24, 2.45) is 10.3 Å². The fraction of sp³-hybridized carbons (Fsp3) is 0.0769. The van der Waals surface area contributed by atoms with Gasteiger partial charge in [0.15, 0.2) is 0 Å². The van der Waals surface area contributed by atoms with Gasteiger partial charge in [0.2, 0.25) is 20.0 Å². The molecule has 2 aromatic carbocycles. The summed E-state index contributed by atoms with van der Waals surface area (Å²) in [7, 11) is -7.91. The third-order valence-corrected chi connectivity index (χ3v) is 5.80. The number of primary sulfonamides is 2. The normalized spacial score (nSPS) is 12.3. The summed E-state index contributed by atoms with van der Waals surface area (Å²) in [6.45, 7) is 0. The van der Waals surface area contributed by atoms with Crippen molar-refractivity contribution in [3.63, 3.8) is 0 Å². The molecule has 0 heterocycles. The summed E-state index contributed by atoms with van der Waals surface area (Å²) >= 11 is 11.6. The van der Waals surface area contributed by atoms with Crippen LogP contribution in [0.25, 0.3) is 0 Å². The van der Waals surface area contributed by atoms with E-state index in [4.69, 9.17) is 33.5 Å². The van der Waals surface area contributed by atoms with Gasteiger partial charge in [0, 0.05) is 0 Å². The van der Waals surface area contributed by atoms with Gasteiger partial charge in [-0.1, -0.05) is 35.3 Å². The first-order chi connectivity index (χ1) is 10.5. The smallest absolute Gasteiger partial charge is 0.225 e. The maximum absolute atomic E-state index is 11.5. The second-order valence-corrected chi connectivity index (χ2v) is 8.67. The summed E-state index contributed by atoms with van der Waals surface area (Å²) in [5.74, 6) is 0. The largest absolute Gasteiger partial charge is 0.239 e. The van der Waals surface area contributed by atoms with Crippen LogP contribution >= 0.6 is 23.2 Å². The first-order valence-corrected chi connectivity index (χ1v) is 9.96. The molecular weight excluding hydrogens is 383 g/mol. The molecule has 0 spiro atoms. The van der Waals surface area contributed by atoms with E-state index in [0.29, 0.717) is 11.1 Å². The predicted octanol–water partition coefficient (Wildman–Crippen LogP) is 1.88. The Morgan fingerprint density at radius 1 is 0.739 bits per heavy atom. The highest BCUT2D eigenvalue weighted by Crippen LogP contribution is 2.25. The molecule has 6 nitrogen and oxygen atoms in total. The minimum atomic E-state index is -3.96. The maximum Gasteiger partial charge on any atom is 0.239 e. The standard InChI is InChI=1S/C13H12Cl2N2O4S2/c14-10-3-1-8(6-12(10)22(16,18)19)5-9-2-4-11(15)13(7-9)23(17,20)21/h1-4,6-7H,5H2,(H2,16,18,19)(H2,17,20,21). The molecule has 0 fully saturated rings. The molecule has 0 atom stereocenters. The SMILES string of the molecule is NS(=O)(=O)c1cc(Cc2ccc(Cl)c(S(N)(=O)=O)c2)ccc1Cl. The summed E-state index contributed by atoms with van der Waals surface area (Å²) in [5.41, 5.74) is 1.17. The van der Waals surface area contributed by atoms with Gasteiger partial charge < -0.3 is 0 Å². The van der Waals surface area contributed by atoms with Crippen molar-refractivity contribution in [1.82, 2.24) is 0 Å². The molecule has 23 heavy (non-hydrogen) atoms. The molecular formula is C13H12Cl2N2O4S2. The zero-order chi connectivity index (χ0) is 17.4. The van der Waals surface area contributed by atoms with Crippen LogP contribution in [-0.2, 0) is 26.5 Å². The van der Waals surface area contributed by atoms with Crippen molar-refractivity contribution in [3.05, 3.63) is 57.6 Å². The first-order valence-electron chi connectivity index (χ1n) is 6.11. The van der Waals surface area contributed by atoms with Gasteiger partial charge in [-0.25, -0.2) is 27.1 Å². The van der Waals surface area contributed by atoms with Crippen molar-refractivity contribution < 1.29 is 16.8 Å². The molecule has 2 rings (SSSR count). The van der Waals surface area contributed by atoms with Crippen molar-refractivity contribution in [2.75, 3.05) is 0 Å². The van der Waals surface area contributed by atoms with Crippen LogP contribution in [0.15, 0.2) is 46.2 Å². The molecule has 0 unspecified atom stereocenters. The third kappa shape index (κ3) is 4.43. The summed E-state index contributed by atoms with van der Waals surface area (Å²) < 4.78 is 45.9. The van der Waals surface area contributed by atoms with Crippen molar-refractivity contribution in [3.8, 4) is 0 Å². The van der Waals surface area contributed by atoms with E-state index in [-0.39, 0.29) is 26.3 Å². The minimum absolute atomic E-state index is 0.0116. The quantitative estimate of drug-likeness (QED) is 0.821. The Balaban J connectivity index is 2.45. The highest BCUT2D eigenvalue weighted by atomic mass is 35.5. The average molecular weight is 395 g/mol. The molecule has 0 aromatic heterocycles. The summed E-state index contributed by atoms with van der Waals surface area (Å²) in [5, 5.41) is 10.2. The molecule has 10 heteroatoms. The van der Waals surface area contributed by atoms with Crippen LogP contribution in [0, 0.1) is 0 Å². The van der Waals surface area contributed by atoms with Crippen LogP contribution in [0.1, 0.15) is 11.1 Å². The van der Waals surface area contributed by atoms with Crippen molar-refractivity contribution >= 4 is 43.2 Å². The Bertz CT molecular complexity index is 894. The van der Waals surface area contributed by atoms with Gasteiger partial charge in [0.1, 0.15) is 9.79 Å². The average Bonchev–Trinajstić information content (AvgIpc) is 2.40. The zero-order valence-electron chi connectivity index (χ0n) is 11.5. The Kier molecular flexibility index (Phi) is 5.05. The van der Waals surface area contributed by atoms with E-state index in [1.165, 1.54) is 24.3 Å². The summed E-state index contributed by atoms with van der Waals surface area (Å²) in [4.78, 5) is -0.394. The first kappa shape index (κ1) is 18.2. The van der Waals surface area contributed by atoms with E-state index in [2.05, 4.69) is 0 Å². The topological polar surface area (TPSA) is 120 Å². The predicted molar refractivity (Wildman–Crippen MR) is 88.5 cm³/mol.